The third-order valence-electron chi connectivity index (χ3n) is 5.89. The Kier molecular flexibility index (Phi) is 8.45. The van der Waals surface area contributed by atoms with Crippen molar-refractivity contribution in [2.24, 2.45) is 0 Å². The summed E-state index contributed by atoms with van der Waals surface area (Å²) >= 11 is 6.30. The summed E-state index contributed by atoms with van der Waals surface area (Å²) in [5.74, 6) is 0.905. The van der Waals surface area contributed by atoms with Gasteiger partial charge in [0, 0.05) is 48.2 Å². The number of hydrogen-bond donors (Lipinski definition) is 1. The second-order valence-corrected chi connectivity index (χ2v) is 8.00. The molecule has 0 fully saturated rings. The second kappa shape index (κ2) is 10.6. The Morgan fingerprint density at radius 3 is 2.41 bits per heavy atom. The van der Waals surface area contributed by atoms with Crippen molar-refractivity contribution in [2.45, 2.75) is 46.0 Å². The van der Waals surface area contributed by atoms with Crippen LogP contribution in [0.25, 0.3) is 6.08 Å². The molecule has 2 aromatic rings. The van der Waals surface area contributed by atoms with Gasteiger partial charge in [-0.3, -0.25) is 0 Å². The van der Waals surface area contributed by atoms with Crippen molar-refractivity contribution in [3.8, 4) is 5.75 Å². The summed E-state index contributed by atoms with van der Waals surface area (Å²) in [7, 11) is 3.70. The van der Waals surface area contributed by atoms with E-state index in [1.807, 2.05) is 13.1 Å². The maximum Gasteiger partial charge on any atom is 0.128 e. The molecule has 0 bridgehead atoms. The lowest BCUT2D eigenvalue weighted by Gasteiger charge is -2.30. The number of ether oxygens (including phenoxy) is 1. The number of benzene rings is 2. The van der Waals surface area contributed by atoms with E-state index in [1.165, 1.54) is 11.3 Å². The highest BCUT2D eigenvalue weighted by Gasteiger charge is 2.26. The summed E-state index contributed by atoms with van der Waals surface area (Å²) in [5.41, 5.74) is 4.67. The lowest BCUT2D eigenvalue weighted by Crippen LogP contribution is -2.21. The quantitative estimate of drug-likeness (QED) is 0.452. The minimum absolute atomic E-state index is 0.00581. The van der Waals surface area contributed by atoms with E-state index in [9.17, 15) is 0 Å². The molecule has 0 aliphatic rings. The Morgan fingerprint density at radius 1 is 1.10 bits per heavy atom. The Hall–Kier alpha value is -2.13. The van der Waals surface area contributed by atoms with Gasteiger partial charge in [0.05, 0.1) is 7.11 Å². The monoisotopic (exact) mass is 414 g/mol. The van der Waals surface area contributed by atoms with Crippen LogP contribution in [-0.4, -0.2) is 27.2 Å². The van der Waals surface area contributed by atoms with Gasteiger partial charge in [0.2, 0.25) is 0 Å². The Balaban J connectivity index is 2.28. The number of nitrogens with zero attached hydrogens (tertiary/aromatic N) is 1. The predicted octanol–water partition coefficient (Wildman–Crippen LogP) is 7.01. The maximum absolute atomic E-state index is 6.30. The smallest absolute Gasteiger partial charge is 0.128 e. The molecule has 0 amide bonds. The van der Waals surface area contributed by atoms with Crippen LogP contribution < -0.4 is 15.0 Å². The third kappa shape index (κ3) is 5.48. The largest absolute Gasteiger partial charge is 0.496 e. The first kappa shape index (κ1) is 23.2. The number of halogens is 1. The van der Waals surface area contributed by atoms with Gasteiger partial charge < -0.3 is 15.0 Å². The molecule has 1 atom stereocenters. The van der Waals surface area contributed by atoms with Crippen molar-refractivity contribution in [2.75, 3.05) is 37.5 Å². The van der Waals surface area contributed by atoms with E-state index in [1.54, 1.807) is 7.11 Å². The van der Waals surface area contributed by atoms with Crippen LogP contribution in [0.1, 0.15) is 51.7 Å². The third-order valence-corrected chi connectivity index (χ3v) is 6.13. The van der Waals surface area contributed by atoms with Gasteiger partial charge in [-0.15, -0.1) is 0 Å². The van der Waals surface area contributed by atoms with Crippen LogP contribution in [0.3, 0.4) is 0 Å². The van der Waals surface area contributed by atoms with Gasteiger partial charge in [-0.05, 0) is 68.0 Å². The normalized spacial score (nSPS) is 13.3. The van der Waals surface area contributed by atoms with E-state index < -0.39 is 0 Å². The van der Waals surface area contributed by atoms with Gasteiger partial charge in [-0.2, -0.15) is 0 Å². The minimum atomic E-state index is -0.00581. The van der Waals surface area contributed by atoms with Gasteiger partial charge in [-0.1, -0.05) is 37.6 Å². The molecule has 158 valence electrons. The number of methoxy groups -OCH3 is 1. The molecule has 2 rings (SSSR count). The molecule has 0 saturated heterocycles. The van der Waals surface area contributed by atoms with Crippen LogP contribution >= 0.6 is 11.6 Å². The van der Waals surface area contributed by atoms with Gasteiger partial charge in [0.15, 0.2) is 0 Å². The molecule has 1 N–H and O–H groups in total. The Bertz CT molecular complexity index is 830. The van der Waals surface area contributed by atoms with E-state index >= 15 is 0 Å². The van der Waals surface area contributed by atoms with Gasteiger partial charge in [0.1, 0.15) is 5.75 Å². The van der Waals surface area contributed by atoms with Crippen molar-refractivity contribution in [3.05, 3.63) is 58.6 Å². The summed E-state index contributed by atoms with van der Waals surface area (Å²) in [6.45, 7) is 10.8. The summed E-state index contributed by atoms with van der Waals surface area (Å²) in [6.07, 6.45) is 6.35. The van der Waals surface area contributed by atoms with Crippen molar-refractivity contribution in [3.63, 3.8) is 0 Å². The zero-order chi connectivity index (χ0) is 21.4. The van der Waals surface area contributed by atoms with Crippen LogP contribution in [0.2, 0.25) is 5.02 Å². The maximum atomic E-state index is 6.30. The Labute approximate surface area is 181 Å². The molecular weight excluding hydrogens is 380 g/mol. The van der Waals surface area contributed by atoms with Crippen LogP contribution in [-0.2, 0) is 5.41 Å². The van der Waals surface area contributed by atoms with Crippen LogP contribution in [0.4, 0.5) is 11.4 Å². The predicted molar refractivity (Wildman–Crippen MR) is 129 cm³/mol. The fourth-order valence-corrected chi connectivity index (χ4v) is 3.92. The van der Waals surface area contributed by atoms with Gasteiger partial charge in [0.25, 0.3) is 0 Å². The average Bonchev–Trinajstić information content (AvgIpc) is 2.75. The highest BCUT2D eigenvalue weighted by Crippen LogP contribution is 2.38. The molecule has 0 aromatic heterocycles. The van der Waals surface area contributed by atoms with Crippen LogP contribution in [0, 0.1) is 0 Å². The molecule has 3 nitrogen and oxygen atoms in total. The zero-order valence-electron chi connectivity index (χ0n) is 18.7. The summed E-state index contributed by atoms with van der Waals surface area (Å²) in [5, 5.41) is 4.08. The second-order valence-electron chi connectivity index (χ2n) is 7.56. The lowest BCUT2D eigenvalue weighted by atomic mass is 9.76. The van der Waals surface area contributed by atoms with Crippen LogP contribution in [0.5, 0.6) is 5.75 Å². The van der Waals surface area contributed by atoms with E-state index in [0.29, 0.717) is 0 Å². The fourth-order valence-electron chi connectivity index (χ4n) is 3.75. The molecule has 0 spiro atoms. The number of anilines is 2. The Morgan fingerprint density at radius 2 is 1.83 bits per heavy atom. The topological polar surface area (TPSA) is 24.5 Å². The first-order chi connectivity index (χ1) is 13.9. The molecular formula is C25H35ClN2O. The SMILES string of the molecule is CCN(CC)c1ccc(/C=C/CC(C)(CC)c2cc(Cl)ccc2NC)c(OC)c1. The number of hydrogen-bond acceptors (Lipinski definition) is 3. The summed E-state index contributed by atoms with van der Waals surface area (Å²) in [4.78, 5) is 2.32. The molecule has 0 saturated carbocycles. The van der Waals surface area contributed by atoms with Crippen molar-refractivity contribution < 1.29 is 4.74 Å². The summed E-state index contributed by atoms with van der Waals surface area (Å²) < 4.78 is 5.67. The van der Waals surface area contributed by atoms with E-state index in [4.69, 9.17) is 16.3 Å². The fraction of sp³-hybridized carbons (Fsp3) is 0.440. The number of allylic oxidation sites excluding steroid dienone is 1. The molecule has 0 aliphatic carbocycles. The first-order valence-corrected chi connectivity index (χ1v) is 10.9. The lowest BCUT2D eigenvalue weighted by molar-refractivity contribution is 0.413. The van der Waals surface area contributed by atoms with Gasteiger partial charge in [-0.25, -0.2) is 0 Å². The number of nitrogens with one attached hydrogen (secondary N) is 1. The molecule has 2 aromatic carbocycles. The van der Waals surface area contributed by atoms with Gasteiger partial charge >= 0.3 is 0 Å². The first-order valence-electron chi connectivity index (χ1n) is 10.5. The van der Waals surface area contributed by atoms with Crippen molar-refractivity contribution in [1.82, 2.24) is 0 Å². The van der Waals surface area contributed by atoms with Crippen molar-refractivity contribution in [1.29, 1.82) is 0 Å². The highest BCUT2D eigenvalue weighted by atomic mass is 35.5. The highest BCUT2D eigenvalue weighted by molar-refractivity contribution is 6.30. The van der Waals surface area contributed by atoms with Crippen molar-refractivity contribution >= 4 is 29.1 Å². The molecule has 4 heteroatoms. The molecule has 1 unspecified atom stereocenters. The van der Waals surface area contributed by atoms with E-state index in [-0.39, 0.29) is 5.41 Å². The minimum Gasteiger partial charge on any atom is -0.496 e. The zero-order valence-corrected chi connectivity index (χ0v) is 19.4. The molecule has 0 heterocycles. The van der Waals surface area contributed by atoms with E-state index in [0.717, 1.165) is 48.0 Å². The molecule has 0 aliphatic heterocycles. The summed E-state index contributed by atoms with van der Waals surface area (Å²) in [6, 6.07) is 12.5. The van der Waals surface area contributed by atoms with Crippen LogP contribution in [0.15, 0.2) is 42.5 Å². The van der Waals surface area contributed by atoms with E-state index in [2.05, 4.69) is 80.4 Å². The number of rotatable bonds is 10. The average molecular weight is 415 g/mol. The molecule has 0 radical (unpaired) electrons. The standard InChI is InChI=1S/C25H35ClN2O/c1-7-25(4,22-17-20(26)13-15-23(22)27-5)16-10-11-19-12-14-21(18-24(19)29-6)28(8-2)9-3/h10-15,17-18,27H,7-9,16H2,1-6H3/b11-10+. The molecule has 29 heavy (non-hydrogen) atoms.